The lowest BCUT2D eigenvalue weighted by Gasteiger charge is -2.35. The number of aryl methyl sites for hydroxylation is 1. The molecule has 2 heterocycles. The lowest BCUT2D eigenvalue weighted by Crippen LogP contribution is -2.52. The molecule has 1 saturated carbocycles. The molecule has 1 N–H and O–H groups in total. The van der Waals surface area contributed by atoms with Crippen LogP contribution in [0.1, 0.15) is 43.5 Å². The van der Waals surface area contributed by atoms with Crippen molar-refractivity contribution in [1.82, 2.24) is 19.6 Å². The van der Waals surface area contributed by atoms with Crippen LogP contribution in [0.4, 0.5) is 10.5 Å². The van der Waals surface area contributed by atoms with E-state index in [0.717, 1.165) is 12.0 Å². The second kappa shape index (κ2) is 10.0. The lowest BCUT2D eigenvalue weighted by atomic mass is 10.1. The fraction of sp³-hybridized carbons (Fsp3) is 0.500. The molecule has 2 aromatic rings. The Hall–Kier alpha value is -3.07. The van der Waals surface area contributed by atoms with E-state index in [1.807, 2.05) is 31.2 Å². The maximum absolute atomic E-state index is 13.0. The smallest absolute Gasteiger partial charge is 0.409 e. The number of nitrogens with one attached hydrogen (secondary N) is 1. The van der Waals surface area contributed by atoms with Crippen LogP contribution in [0.15, 0.2) is 30.5 Å². The zero-order chi connectivity index (χ0) is 24.4. The number of aromatic nitrogens is 2. The van der Waals surface area contributed by atoms with Gasteiger partial charge in [0.05, 0.1) is 18.0 Å². The molecule has 1 aliphatic heterocycles. The minimum Gasteiger partial charge on any atom is -0.450 e. The second-order valence-corrected chi connectivity index (χ2v) is 9.22. The van der Waals surface area contributed by atoms with Crippen molar-refractivity contribution in [3.8, 4) is 0 Å². The summed E-state index contributed by atoms with van der Waals surface area (Å²) in [7, 11) is 0. The number of ether oxygens (including phenoxy) is 1. The van der Waals surface area contributed by atoms with Crippen molar-refractivity contribution < 1.29 is 19.1 Å². The molecular formula is C24H30ClN5O4. The third-order valence-electron chi connectivity index (χ3n) is 6.47. The number of carbonyl (C=O) groups excluding carboxylic acids is 3. The van der Waals surface area contributed by atoms with E-state index in [0.29, 0.717) is 49.2 Å². The summed E-state index contributed by atoms with van der Waals surface area (Å²) in [5, 5.41) is 8.12. The van der Waals surface area contributed by atoms with Crippen LogP contribution in [-0.2, 0) is 14.3 Å². The molecule has 2 aliphatic rings. The molecule has 182 valence electrons. The molecule has 2 fully saturated rings. The van der Waals surface area contributed by atoms with Crippen molar-refractivity contribution in [1.29, 1.82) is 0 Å². The molecule has 3 amide bonds. The van der Waals surface area contributed by atoms with Gasteiger partial charge in [-0.25, -0.2) is 4.79 Å². The second-order valence-electron chi connectivity index (χ2n) is 8.78. The summed E-state index contributed by atoms with van der Waals surface area (Å²) in [6.07, 6.45) is 2.16. The third-order valence-corrected chi connectivity index (χ3v) is 6.72. The number of benzene rings is 1. The van der Waals surface area contributed by atoms with Gasteiger partial charge in [0.1, 0.15) is 6.04 Å². The van der Waals surface area contributed by atoms with Gasteiger partial charge in [0.15, 0.2) is 0 Å². The van der Waals surface area contributed by atoms with Crippen LogP contribution >= 0.6 is 11.6 Å². The van der Waals surface area contributed by atoms with E-state index in [4.69, 9.17) is 16.3 Å². The Balaban J connectivity index is 1.32. The summed E-state index contributed by atoms with van der Waals surface area (Å²) < 4.78 is 6.62. The zero-order valence-electron chi connectivity index (χ0n) is 19.7. The molecule has 1 aromatic carbocycles. The van der Waals surface area contributed by atoms with Crippen LogP contribution in [-0.4, -0.2) is 70.3 Å². The molecule has 3 unspecified atom stereocenters. The van der Waals surface area contributed by atoms with E-state index in [-0.39, 0.29) is 29.7 Å². The summed E-state index contributed by atoms with van der Waals surface area (Å²) in [5.74, 6) is -0.00869. The molecule has 0 bridgehead atoms. The minimum atomic E-state index is -0.527. The molecule has 3 atom stereocenters. The number of anilines is 1. The van der Waals surface area contributed by atoms with Gasteiger partial charge in [-0.1, -0.05) is 23.7 Å². The molecular weight excluding hydrogens is 458 g/mol. The average molecular weight is 488 g/mol. The Kier molecular flexibility index (Phi) is 7.11. The molecule has 9 nitrogen and oxygen atoms in total. The van der Waals surface area contributed by atoms with Crippen molar-refractivity contribution in [3.05, 3.63) is 46.7 Å². The highest BCUT2D eigenvalue weighted by Crippen LogP contribution is 2.48. The summed E-state index contributed by atoms with van der Waals surface area (Å²) in [5.41, 5.74) is 2.38. The van der Waals surface area contributed by atoms with Gasteiger partial charge < -0.3 is 19.9 Å². The van der Waals surface area contributed by atoms with Crippen molar-refractivity contribution in [2.24, 2.45) is 5.92 Å². The Labute approximate surface area is 204 Å². The van der Waals surface area contributed by atoms with Gasteiger partial charge in [0.25, 0.3) is 0 Å². The molecule has 1 aliphatic carbocycles. The number of piperazine rings is 1. The Bertz CT molecular complexity index is 1060. The first-order valence-corrected chi connectivity index (χ1v) is 12.0. The highest BCUT2D eigenvalue weighted by molar-refractivity contribution is 6.30. The molecule has 1 saturated heterocycles. The van der Waals surface area contributed by atoms with Gasteiger partial charge in [0.2, 0.25) is 11.8 Å². The summed E-state index contributed by atoms with van der Waals surface area (Å²) in [4.78, 5) is 41.0. The number of rotatable bonds is 6. The number of hydrogen-bond donors (Lipinski definition) is 1. The predicted molar refractivity (Wildman–Crippen MR) is 128 cm³/mol. The molecule has 34 heavy (non-hydrogen) atoms. The van der Waals surface area contributed by atoms with E-state index in [1.165, 1.54) is 0 Å². The molecule has 4 rings (SSSR count). The third kappa shape index (κ3) is 5.19. The largest absolute Gasteiger partial charge is 0.450 e. The average Bonchev–Trinajstić information content (AvgIpc) is 3.56. The maximum atomic E-state index is 13.0. The van der Waals surface area contributed by atoms with Crippen LogP contribution in [0.25, 0.3) is 0 Å². The number of carbonyl (C=O) groups is 3. The normalized spacial score (nSPS) is 20.6. The van der Waals surface area contributed by atoms with Gasteiger partial charge >= 0.3 is 6.09 Å². The van der Waals surface area contributed by atoms with Crippen molar-refractivity contribution >= 4 is 35.2 Å². The van der Waals surface area contributed by atoms with Gasteiger partial charge in [0, 0.05) is 43.3 Å². The van der Waals surface area contributed by atoms with Crippen LogP contribution in [0, 0.1) is 12.8 Å². The maximum Gasteiger partial charge on any atom is 0.409 e. The van der Waals surface area contributed by atoms with Crippen LogP contribution < -0.4 is 5.32 Å². The number of halogens is 1. The fourth-order valence-electron chi connectivity index (χ4n) is 4.29. The van der Waals surface area contributed by atoms with Crippen LogP contribution in [0.2, 0.25) is 5.02 Å². The zero-order valence-corrected chi connectivity index (χ0v) is 20.4. The first-order chi connectivity index (χ1) is 16.3. The highest BCUT2D eigenvalue weighted by atomic mass is 35.5. The van der Waals surface area contributed by atoms with Crippen LogP contribution in [0.5, 0.6) is 0 Å². The topological polar surface area (TPSA) is 96.8 Å². The van der Waals surface area contributed by atoms with E-state index in [9.17, 15) is 14.4 Å². The molecule has 10 heteroatoms. The molecule has 1 aromatic heterocycles. The number of amides is 3. The summed E-state index contributed by atoms with van der Waals surface area (Å²) in [6.45, 7) is 7.46. The first kappa shape index (κ1) is 24.1. The van der Waals surface area contributed by atoms with Gasteiger partial charge in [-0.15, -0.1) is 0 Å². The number of nitrogens with zero attached hydrogens (tertiary/aromatic N) is 4. The highest BCUT2D eigenvalue weighted by Gasteiger charge is 2.44. The van der Waals surface area contributed by atoms with Gasteiger partial charge in [-0.05, 0) is 50.8 Å². The predicted octanol–water partition coefficient (Wildman–Crippen LogP) is 3.45. The quantitative estimate of drug-likeness (QED) is 0.673. The Morgan fingerprint density at radius 1 is 1.15 bits per heavy atom. The van der Waals surface area contributed by atoms with Crippen LogP contribution in [0.3, 0.4) is 0 Å². The monoisotopic (exact) mass is 487 g/mol. The number of hydrogen-bond acceptors (Lipinski definition) is 5. The van der Waals surface area contributed by atoms with E-state index < -0.39 is 6.04 Å². The minimum absolute atomic E-state index is 0.0448. The van der Waals surface area contributed by atoms with E-state index in [2.05, 4.69) is 10.4 Å². The Morgan fingerprint density at radius 3 is 2.44 bits per heavy atom. The van der Waals surface area contributed by atoms with Crippen molar-refractivity contribution in [2.45, 2.75) is 39.2 Å². The standard InChI is InChI=1S/C24H30ClN5O4/c1-4-34-24(33)29-11-9-28(10-12-29)23(32)16(3)30-14-21(15(2)27-30)26-22(31)20-13-19(20)17-5-7-18(25)8-6-17/h5-8,14,16,19-20H,4,9-13H2,1-3H3,(H,26,31). The summed E-state index contributed by atoms with van der Waals surface area (Å²) >= 11 is 5.95. The fourth-order valence-corrected chi connectivity index (χ4v) is 4.42. The Morgan fingerprint density at radius 2 is 1.79 bits per heavy atom. The van der Waals surface area contributed by atoms with E-state index in [1.54, 1.807) is 34.5 Å². The van der Waals surface area contributed by atoms with Crippen molar-refractivity contribution in [2.75, 3.05) is 38.1 Å². The van der Waals surface area contributed by atoms with Gasteiger partial charge in [-0.3, -0.25) is 14.3 Å². The van der Waals surface area contributed by atoms with Crippen molar-refractivity contribution in [3.63, 3.8) is 0 Å². The SMILES string of the molecule is CCOC(=O)N1CCN(C(=O)C(C)n2cc(NC(=O)C3CC3c3ccc(Cl)cc3)c(C)n2)CC1. The van der Waals surface area contributed by atoms with Gasteiger partial charge in [-0.2, -0.15) is 5.10 Å². The van der Waals surface area contributed by atoms with E-state index >= 15 is 0 Å². The molecule has 0 radical (unpaired) electrons. The summed E-state index contributed by atoms with van der Waals surface area (Å²) in [6, 6.07) is 7.08. The lowest BCUT2D eigenvalue weighted by molar-refractivity contribution is -0.136. The molecule has 0 spiro atoms. The first-order valence-electron chi connectivity index (χ1n) is 11.6.